The third-order valence-electron chi connectivity index (χ3n) is 8.40. The highest BCUT2D eigenvalue weighted by Gasteiger charge is 2.30. The van der Waals surface area contributed by atoms with E-state index in [-0.39, 0.29) is 11.9 Å². The zero-order valence-corrected chi connectivity index (χ0v) is 26.5. The predicted molar refractivity (Wildman–Crippen MR) is 183 cm³/mol. The highest BCUT2D eigenvalue weighted by atomic mass is 16.7. The van der Waals surface area contributed by atoms with Gasteiger partial charge >= 0.3 is 0 Å². The SMILES string of the molecule is C=CC(=O)Nc1cc(Nc2cc(N3OCCC3c3cccc(-c4cccc(C(N)=O)c4)c3)ncn2)c(OC)cc1N1CCN(C)CC1. The standard InChI is InChI=1S/C35H38N8O4/c1-4-34(44)40-27-19-28(31(46-3)20-30(27)42-14-12-41(2)13-15-42)39-32-21-33(38-22-37-32)43-29(11-16-47-43)25-9-5-7-23(17-25)24-8-6-10-26(18-24)35(36)45/h4-10,17-22,29H,1,11-16H2,2-3H3,(H2,36,45)(H,40,44)(H,37,38,39). The van der Waals surface area contributed by atoms with Crippen LogP contribution in [0.1, 0.15) is 28.4 Å². The van der Waals surface area contributed by atoms with Crippen molar-refractivity contribution in [3.05, 3.63) is 96.8 Å². The van der Waals surface area contributed by atoms with Gasteiger partial charge in [-0.15, -0.1) is 0 Å². The quantitative estimate of drug-likeness (QED) is 0.210. The molecular formula is C35H38N8O4. The fourth-order valence-electron chi connectivity index (χ4n) is 5.88. The van der Waals surface area contributed by atoms with E-state index in [1.54, 1.807) is 24.3 Å². The molecule has 0 radical (unpaired) electrons. The van der Waals surface area contributed by atoms with Crippen molar-refractivity contribution in [1.29, 1.82) is 0 Å². The van der Waals surface area contributed by atoms with Crippen LogP contribution < -0.4 is 31.1 Å². The van der Waals surface area contributed by atoms with Crippen LogP contribution in [0.15, 0.2) is 85.7 Å². The van der Waals surface area contributed by atoms with E-state index in [0.717, 1.165) is 55.0 Å². The summed E-state index contributed by atoms with van der Waals surface area (Å²) >= 11 is 0. The molecule has 1 atom stereocenters. The molecule has 0 saturated carbocycles. The van der Waals surface area contributed by atoms with E-state index < -0.39 is 5.91 Å². The molecule has 242 valence electrons. The average Bonchev–Trinajstić information content (AvgIpc) is 3.59. The second kappa shape index (κ2) is 13.9. The van der Waals surface area contributed by atoms with E-state index in [9.17, 15) is 9.59 Å². The van der Waals surface area contributed by atoms with Gasteiger partial charge in [-0.1, -0.05) is 36.9 Å². The molecule has 12 nitrogen and oxygen atoms in total. The maximum atomic E-state index is 12.4. The number of likely N-dealkylation sites (N-methyl/N-ethyl adjacent to an activating group) is 1. The first kappa shape index (κ1) is 31.5. The smallest absolute Gasteiger partial charge is 0.248 e. The lowest BCUT2D eigenvalue weighted by Gasteiger charge is -2.35. The molecule has 0 spiro atoms. The molecule has 2 fully saturated rings. The van der Waals surface area contributed by atoms with Crippen molar-refractivity contribution in [2.75, 3.05) is 67.5 Å². The molecule has 0 aliphatic carbocycles. The summed E-state index contributed by atoms with van der Waals surface area (Å²) in [6, 6.07) is 20.9. The summed E-state index contributed by atoms with van der Waals surface area (Å²) in [7, 11) is 3.71. The summed E-state index contributed by atoms with van der Waals surface area (Å²) in [5.41, 5.74) is 11.0. The molecule has 2 aliphatic rings. The zero-order valence-electron chi connectivity index (χ0n) is 26.5. The molecule has 0 bridgehead atoms. The van der Waals surface area contributed by atoms with E-state index in [1.165, 1.54) is 12.4 Å². The Kier molecular flexibility index (Phi) is 9.32. The minimum Gasteiger partial charge on any atom is -0.494 e. The van der Waals surface area contributed by atoms with Gasteiger partial charge in [0.25, 0.3) is 0 Å². The number of amides is 2. The summed E-state index contributed by atoms with van der Waals surface area (Å²) in [6.07, 6.45) is 3.49. The first-order valence-corrected chi connectivity index (χ1v) is 15.4. The van der Waals surface area contributed by atoms with Crippen LogP contribution in [0.4, 0.5) is 28.7 Å². The number of methoxy groups -OCH3 is 1. The first-order valence-electron chi connectivity index (χ1n) is 15.4. The Bertz CT molecular complexity index is 1790. The number of nitrogens with one attached hydrogen (secondary N) is 2. The van der Waals surface area contributed by atoms with Crippen molar-refractivity contribution >= 4 is 40.5 Å². The Morgan fingerprint density at radius 3 is 2.51 bits per heavy atom. The van der Waals surface area contributed by atoms with Crippen molar-refractivity contribution in [3.63, 3.8) is 0 Å². The fourth-order valence-corrected chi connectivity index (χ4v) is 5.88. The summed E-state index contributed by atoms with van der Waals surface area (Å²) in [5, 5.41) is 8.12. The highest BCUT2D eigenvalue weighted by molar-refractivity contribution is 6.02. The van der Waals surface area contributed by atoms with Gasteiger partial charge < -0.3 is 30.9 Å². The minimum absolute atomic E-state index is 0.102. The second-order valence-electron chi connectivity index (χ2n) is 11.5. The number of hydrogen-bond acceptors (Lipinski definition) is 10. The Balaban J connectivity index is 1.27. The molecule has 2 saturated heterocycles. The molecule has 12 heteroatoms. The number of carbonyl (C=O) groups is 2. The number of rotatable bonds is 10. The van der Waals surface area contributed by atoms with Crippen LogP contribution in [0, 0.1) is 0 Å². The van der Waals surface area contributed by atoms with Crippen LogP contribution in [0.2, 0.25) is 0 Å². The van der Waals surface area contributed by atoms with Crippen LogP contribution >= 0.6 is 0 Å². The predicted octanol–water partition coefficient (Wildman–Crippen LogP) is 4.75. The number of carbonyl (C=O) groups excluding carboxylic acids is 2. The number of hydroxylamine groups is 1. The van der Waals surface area contributed by atoms with Gasteiger partial charge in [0.05, 0.1) is 36.8 Å². The molecular weight excluding hydrogens is 596 g/mol. The van der Waals surface area contributed by atoms with E-state index in [4.69, 9.17) is 15.3 Å². The van der Waals surface area contributed by atoms with Gasteiger partial charge in [0.2, 0.25) is 11.8 Å². The van der Waals surface area contributed by atoms with E-state index >= 15 is 0 Å². The van der Waals surface area contributed by atoms with Gasteiger partial charge in [0, 0.05) is 50.3 Å². The Labute approximate surface area is 273 Å². The van der Waals surface area contributed by atoms with E-state index in [2.05, 4.69) is 56.2 Å². The van der Waals surface area contributed by atoms with Crippen molar-refractivity contribution < 1.29 is 19.2 Å². The number of primary amides is 1. The molecule has 6 rings (SSSR count). The van der Waals surface area contributed by atoms with Gasteiger partial charge in [-0.25, -0.2) is 15.0 Å². The molecule has 4 N–H and O–H groups in total. The lowest BCUT2D eigenvalue weighted by Crippen LogP contribution is -2.44. The van der Waals surface area contributed by atoms with Crippen molar-refractivity contribution in [1.82, 2.24) is 14.9 Å². The number of benzene rings is 3. The normalized spacial score (nSPS) is 16.5. The summed E-state index contributed by atoms with van der Waals surface area (Å²) in [4.78, 5) is 43.7. The maximum Gasteiger partial charge on any atom is 0.248 e. The van der Waals surface area contributed by atoms with Gasteiger partial charge in [-0.3, -0.25) is 14.4 Å². The molecule has 4 aromatic rings. The number of hydrogen-bond donors (Lipinski definition) is 3. The zero-order chi connectivity index (χ0) is 32.9. The molecule has 3 aromatic carbocycles. The third kappa shape index (κ3) is 7.03. The lowest BCUT2D eigenvalue weighted by atomic mass is 9.97. The van der Waals surface area contributed by atoms with Crippen LogP contribution in [-0.2, 0) is 9.63 Å². The van der Waals surface area contributed by atoms with Crippen LogP contribution in [0.5, 0.6) is 5.75 Å². The Hall–Kier alpha value is -5.46. The van der Waals surface area contributed by atoms with Crippen molar-refractivity contribution in [2.24, 2.45) is 5.73 Å². The van der Waals surface area contributed by atoms with Crippen LogP contribution in [0.3, 0.4) is 0 Å². The summed E-state index contributed by atoms with van der Waals surface area (Å²) in [6.45, 7) is 7.59. The number of nitrogens with zero attached hydrogens (tertiary/aromatic N) is 5. The Morgan fingerprint density at radius 2 is 1.77 bits per heavy atom. The fraction of sp³-hybridized carbons (Fsp3) is 0.257. The number of ether oxygens (including phenoxy) is 1. The number of piperazine rings is 1. The van der Waals surface area contributed by atoms with Crippen LogP contribution in [0.25, 0.3) is 11.1 Å². The summed E-state index contributed by atoms with van der Waals surface area (Å²) in [5.74, 6) is 0.936. The molecule has 47 heavy (non-hydrogen) atoms. The molecule has 2 aliphatic heterocycles. The first-order chi connectivity index (χ1) is 22.8. The molecule has 2 amide bonds. The molecule has 3 heterocycles. The van der Waals surface area contributed by atoms with Gasteiger partial charge in [-0.2, -0.15) is 0 Å². The molecule has 1 aromatic heterocycles. The van der Waals surface area contributed by atoms with E-state index in [0.29, 0.717) is 40.9 Å². The number of aromatic nitrogens is 2. The largest absolute Gasteiger partial charge is 0.494 e. The molecule has 1 unspecified atom stereocenters. The third-order valence-corrected chi connectivity index (χ3v) is 8.40. The average molecular weight is 635 g/mol. The van der Waals surface area contributed by atoms with Crippen molar-refractivity contribution in [2.45, 2.75) is 12.5 Å². The second-order valence-corrected chi connectivity index (χ2v) is 11.5. The van der Waals surface area contributed by atoms with Gasteiger partial charge in [-0.05, 0) is 54.1 Å². The van der Waals surface area contributed by atoms with Gasteiger partial charge in [0.15, 0.2) is 5.82 Å². The van der Waals surface area contributed by atoms with Crippen LogP contribution in [-0.4, -0.2) is 73.6 Å². The topological polar surface area (TPSA) is 138 Å². The maximum absolute atomic E-state index is 12.4. The highest BCUT2D eigenvalue weighted by Crippen LogP contribution is 2.40. The Morgan fingerprint density at radius 1 is 1.00 bits per heavy atom. The van der Waals surface area contributed by atoms with Gasteiger partial charge in [0.1, 0.15) is 17.9 Å². The van der Waals surface area contributed by atoms with E-state index in [1.807, 2.05) is 42.5 Å². The minimum atomic E-state index is -0.465. The number of anilines is 5. The van der Waals surface area contributed by atoms with Crippen molar-refractivity contribution in [3.8, 4) is 16.9 Å². The summed E-state index contributed by atoms with van der Waals surface area (Å²) < 4.78 is 5.79. The number of nitrogens with two attached hydrogens (primary N) is 1. The lowest BCUT2D eigenvalue weighted by molar-refractivity contribution is -0.111. The monoisotopic (exact) mass is 634 g/mol.